The minimum absolute atomic E-state index is 0.205. The number of aliphatic hydroxyl groups excluding tert-OH is 1. The van der Waals surface area contributed by atoms with Gasteiger partial charge in [0, 0.05) is 5.41 Å². The van der Waals surface area contributed by atoms with Crippen molar-refractivity contribution in [1.82, 2.24) is 0 Å². The van der Waals surface area contributed by atoms with Gasteiger partial charge in [0.25, 0.3) is 0 Å². The Hall–Kier alpha value is -0.860. The van der Waals surface area contributed by atoms with Crippen LogP contribution >= 0.6 is 0 Å². The van der Waals surface area contributed by atoms with Crippen LogP contribution in [0.2, 0.25) is 0 Å². The molecule has 1 N–H and O–H groups in total. The third-order valence-corrected chi connectivity index (χ3v) is 3.98. The lowest BCUT2D eigenvalue weighted by Crippen LogP contribution is -2.40. The maximum Gasteiger partial charge on any atom is 0.160 e. The van der Waals surface area contributed by atoms with Crippen LogP contribution in [0, 0.1) is 17.3 Å². The molecular formula is C17H28O2. The van der Waals surface area contributed by atoms with Crippen LogP contribution < -0.4 is 0 Å². The number of ether oxygens (including phenoxy) is 1. The molecule has 0 aliphatic rings. The van der Waals surface area contributed by atoms with Gasteiger partial charge in [-0.25, -0.2) is 0 Å². The first-order valence-corrected chi connectivity index (χ1v) is 7.20. The van der Waals surface area contributed by atoms with E-state index in [0.29, 0.717) is 18.4 Å². The summed E-state index contributed by atoms with van der Waals surface area (Å²) in [4.78, 5) is 0. The molecule has 2 atom stereocenters. The zero-order chi connectivity index (χ0) is 14.5. The number of rotatable bonds is 7. The van der Waals surface area contributed by atoms with E-state index in [1.807, 2.05) is 30.3 Å². The molecule has 0 spiro atoms. The van der Waals surface area contributed by atoms with Gasteiger partial charge in [-0.2, -0.15) is 0 Å². The number of hydrogen-bond donors (Lipinski definition) is 1. The van der Waals surface area contributed by atoms with Crippen LogP contribution in [-0.2, 0) is 11.3 Å². The molecule has 0 saturated heterocycles. The Bertz CT molecular complexity index is 359. The molecule has 0 fully saturated rings. The number of benzene rings is 1. The van der Waals surface area contributed by atoms with Crippen LogP contribution in [0.25, 0.3) is 0 Å². The first-order valence-electron chi connectivity index (χ1n) is 7.20. The van der Waals surface area contributed by atoms with Crippen molar-refractivity contribution >= 4 is 0 Å². The molecule has 0 aromatic heterocycles. The van der Waals surface area contributed by atoms with Crippen molar-refractivity contribution in [3.8, 4) is 0 Å². The van der Waals surface area contributed by atoms with Gasteiger partial charge in [0.2, 0.25) is 0 Å². The molecule has 0 amide bonds. The van der Waals surface area contributed by atoms with E-state index in [2.05, 4.69) is 34.6 Å². The smallest absolute Gasteiger partial charge is 0.160 e. The topological polar surface area (TPSA) is 29.5 Å². The van der Waals surface area contributed by atoms with Crippen molar-refractivity contribution in [2.45, 2.75) is 53.9 Å². The molecule has 2 unspecified atom stereocenters. The fourth-order valence-electron chi connectivity index (χ4n) is 2.44. The molecule has 2 heteroatoms. The summed E-state index contributed by atoms with van der Waals surface area (Å²) in [5.74, 6) is 0.919. The molecule has 0 aliphatic carbocycles. The number of aliphatic hydroxyl groups is 1. The van der Waals surface area contributed by atoms with Gasteiger partial charge in [0.1, 0.15) is 0 Å². The standard InChI is InChI=1S/C17H28O2/c1-13(2)11-17(5,14(3)4)16(18)19-12-15-9-7-6-8-10-15/h6-10,13-14,16,18H,11-12H2,1-5H3. The maximum absolute atomic E-state index is 10.4. The SMILES string of the molecule is CC(C)CC(C)(C(C)C)C(O)OCc1ccccc1. The molecule has 0 bridgehead atoms. The molecule has 0 saturated carbocycles. The van der Waals surface area contributed by atoms with Gasteiger partial charge in [-0.1, -0.05) is 65.0 Å². The summed E-state index contributed by atoms with van der Waals surface area (Å²) in [5.41, 5.74) is 0.889. The summed E-state index contributed by atoms with van der Waals surface area (Å²) in [6.45, 7) is 11.2. The maximum atomic E-state index is 10.4. The Kier molecular flexibility index (Phi) is 6.02. The Morgan fingerprint density at radius 3 is 2.16 bits per heavy atom. The van der Waals surface area contributed by atoms with Gasteiger partial charge in [0.15, 0.2) is 6.29 Å². The first-order chi connectivity index (χ1) is 8.86. The molecule has 0 aliphatic heterocycles. The van der Waals surface area contributed by atoms with E-state index in [1.54, 1.807) is 0 Å². The van der Waals surface area contributed by atoms with Crippen molar-refractivity contribution in [3.63, 3.8) is 0 Å². The van der Waals surface area contributed by atoms with Crippen LogP contribution in [0.3, 0.4) is 0 Å². The van der Waals surface area contributed by atoms with E-state index in [4.69, 9.17) is 4.74 Å². The van der Waals surface area contributed by atoms with Gasteiger partial charge >= 0.3 is 0 Å². The summed E-state index contributed by atoms with van der Waals surface area (Å²) in [5, 5.41) is 10.4. The van der Waals surface area contributed by atoms with Gasteiger partial charge in [0.05, 0.1) is 6.61 Å². The Balaban J connectivity index is 2.65. The summed E-state index contributed by atoms with van der Waals surface area (Å²) in [6.07, 6.45) is 0.232. The van der Waals surface area contributed by atoms with Crippen molar-refractivity contribution in [3.05, 3.63) is 35.9 Å². The van der Waals surface area contributed by atoms with Crippen LogP contribution in [0.5, 0.6) is 0 Å². The molecular weight excluding hydrogens is 236 g/mol. The molecule has 19 heavy (non-hydrogen) atoms. The quantitative estimate of drug-likeness (QED) is 0.747. The highest BCUT2D eigenvalue weighted by Crippen LogP contribution is 2.38. The van der Waals surface area contributed by atoms with Gasteiger partial charge in [-0.15, -0.1) is 0 Å². The lowest BCUT2D eigenvalue weighted by molar-refractivity contribution is -0.196. The first kappa shape index (κ1) is 16.2. The van der Waals surface area contributed by atoms with Gasteiger partial charge in [-0.3, -0.25) is 0 Å². The lowest BCUT2D eigenvalue weighted by Gasteiger charge is -2.39. The second-order valence-corrected chi connectivity index (χ2v) is 6.41. The van der Waals surface area contributed by atoms with Crippen LogP contribution in [0.4, 0.5) is 0 Å². The predicted octanol–water partition coefficient (Wildman–Crippen LogP) is 4.23. The largest absolute Gasteiger partial charge is 0.367 e. The predicted molar refractivity (Wildman–Crippen MR) is 79.6 cm³/mol. The molecule has 0 heterocycles. The third-order valence-electron chi connectivity index (χ3n) is 3.98. The minimum Gasteiger partial charge on any atom is -0.367 e. The second-order valence-electron chi connectivity index (χ2n) is 6.41. The highest BCUT2D eigenvalue weighted by atomic mass is 16.6. The molecule has 2 nitrogen and oxygen atoms in total. The number of hydrogen-bond acceptors (Lipinski definition) is 2. The summed E-state index contributed by atoms with van der Waals surface area (Å²) >= 11 is 0. The molecule has 1 rings (SSSR count). The molecule has 1 aromatic rings. The van der Waals surface area contributed by atoms with Crippen molar-refractivity contribution < 1.29 is 9.84 Å². The van der Waals surface area contributed by atoms with E-state index >= 15 is 0 Å². The van der Waals surface area contributed by atoms with Crippen molar-refractivity contribution in [1.29, 1.82) is 0 Å². The monoisotopic (exact) mass is 264 g/mol. The van der Waals surface area contributed by atoms with E-state index in [-0.39, 0.29) is 5.41 Å². The van der Waals surface area contributed by atoms with Crippen LogP contribution in [0.1, 0.15) is 46.6 Å². The van der Waals surface area contributed by atoms with Crippen LogP contribution in [0.15, 0.2) is 30.3 Å². The highest BCUT2D eigenvalue weighted by molar-refractivity contribution is 5.13. The van der Waals surface area contributed by atoms with Crippen molar-refractivity contribution in [2.24, 2.45) is 17.3 Å². The average molecular weight is 264 g/mol. The lowest BCUT2D eigenvalue weighted by atomic mass is 9.72. The minimum atomic E-state index is -0.727. The van der Waals surface area contributed by atoms with E-state index < -0.39 is 6.29 Å². The summed E-state index contributed by atoms with van der Waals surface area (Å²) < 4.78 is 5.71. The Morgan fingerprint density at radius 2 is 1.68 bits per heavy atom. The van der Waals surface area contributed by atoms with Crippen LogP contribution in [-0.4, -0.2) is 11.4 Å². The molecule has 0 radical (unpaired) electrons. The fourth-order valence-corrected chi connectivity index (χ4v) is 2.44. The zero-order valence-corrected chi connectivity index (χ0v) is 12.9. The van der Waals surface area contributed by atoms with E-state index in [0.717, 1.165) is 12.0 Å². The molecule has 108 valence electrons. The highest BCUT2D eigenvalue weighted by Gasteiger charge is 2.37. The summed E-state index contributed by atoms with van der Waals surface area (Å²) in [7, 11) is 0. The van der Waals surface area contributed by atoms with Gasteiger partial charge < -0.3 is 9.84 Å². The third kappa shape index (κ3) is 4.63. The Morgan fingerprint density at radius 1 is 1.11 bits per heavy atom. The Labute approximate surface area is 117 Å². The normalized spacial score (nSPS) is 16.6. The van der Waals surface area contributed by atoms with Gasteiger partial charge in [-0.05, 0) is 23.8 Å². The summed E-state index contributed by atoms with van der Waals surface area (Å²) in [6, 6.07) is 9.99. The second kappa shape index (κ2) is 7.06. The molecule has 1 aromatic carbocycles. The van der Waals surface area contributed by atoms with E-state index in [1.165, 1.54) is 0 Å². The average Bonchev–Trinajstić information content (AvgIpc) is 2.36. The fraction of sp³-hybridized carbons (Fsp3) is 0.647. The van der Waals surface area contributed by atoms with Crippen molar-refractivity contribution in [2.75, 3.05) is 0 Å². The van der Waals surface area contributed by atoms with E-state index in [9.17, 15) is 5.11 Å². The zero-order valence-electron chi connectivity index (χ0n) is 12.9.